The molecule has 5 heteroatoms. The van der Waals surface area contributed by atoms with Crippen molar-refractivity contribution in [2.45, 2.75) is 64.6 Å². The van der Waals surface area contributed by atoms with Crippen molar-refractivity contribution >= 4 is 11.3 Å². The molecule has 1 spiro atoms. The van der Waals surface area contributed by atoms with Crippen molar-refractivity contribution in [2.24, 2.45) is 0 Å². The van der Waals surface area contributed by atoms with E-state index < -0.39 is 0 Å². The van der Waals surface area contributed by atoms with Gasteiger partial charge in [-0.2, -0.15) is 0 Å². The summed E-state index contributed by atoms with van der Waals surface area (Å²) < 4.78 is 6.42. The van der Waals surface area contributed by atoms with Crippen molar-refractivity contribution in [2.75, 3.05) is 13.2 Å². The van der Waals surface area contributed by atoms with E-state index >= 15 is 0 Å². The van der Waals surface area contributed by atoms with Crippen molar-refractivity contribution in [1.82, 2.24) is 14.9 Å². The van der Waals surface area contributed by atoms with E-state index in [-0.39, 0.29) is 5.60 Å². The number of H-pyrrole nitrogens is 1. The maximum absolute atomic E-state index is 6.42. The molecule has 4 heterocycles. The minimum atomic E-state index is -0.0443. The van der Waals surface area contributed by atoms with Crippen LogP contribution < -0.4 is 0 Å². The average molecular weight is 346 g/mol. The molecule has 0 aliphatic carbocycles. The highest BCUT2D eigenvalue weighted by Gasteiger charge is 2.44. The van der Waals surface area contributed by atoms with Gasteiger partial charge in [-0.05, 0) is 44.7 Å². The predicted octanol–water partition coefficient (Wildman–Crippen LogP) is 3.79. The molecule has 2 aromatic heterocycles. The lowest BCUT2D eigenvalue weighted by Crippen LogP contribution is -2.50. The number of ether oxygens (including phenoxy) is 1. The van der Waals surface area contributed by atoms with E-state index in [1.807, 2.05) is 24.5 Å². The Labute approximate surface area is 148 Å². The van der Waals surface area contributed by atoms with Crippen LogP contribution in [0.25, 0.3) is 0 Å². The lowest BCUT2D eigenvalue weighted by molar-refractivity contribution is -0.112. The zero-order valence-corrected chi connectivity index (χ0v) is 15.7. The van der Waals surface area contributed by atoms with Gasteiger partial charge in [-0.1, -0.05) is 6.92 Å². The number of nitrogens with zero attached hydrogens (tertiary/aromatic N) is 2. The zero-order valence-electron chi connectivity index (χ0n) is 14.9. The van der Waals surface area contributed by atoms with E-state index in [0.717, 1.165) is 51.2 Å². The molecule has 4 nitrogen and oxygen atoms in total. The zero-order chi connectivity index (χ0) is 16.7. The number of hydrogen-bond acceptors (Lipinski definition) is 4. The lowest BCUT2D eigenvalue weighted by Gasteiger charge is -2.47. The number of piperidine rings is 1. The second-order valence-corrected chi connectivity index (χ2v) is 8.48. The molecule has 130 valence electrons. The van der Waals surface area contributed by atoms with Crippen molar-refractivity contribution in [3.05, 3.63) is 39.1 Å². The molecule has 0 aromatic carbocycles. The number of likely N-dealkylation sites (tertiary alicyclic amines) is 1. The fraction of sp³-hybridized carbons (Fsp3) is 0.632. The van der Waals surface area contributed by atoms with Gasteiger partial charge in [-0.25, -0.2) is 4.98 Å². The number of hydrogen-bond donors (Lipinski definition) is 1. The molecule has 0 bridgehead atoms. The third-order valence-corrected chi connectivity index (χ3v) is 6.93. The Balaban J connectivity index is 1.53. The molecule has 2 aliphatic heterocycles. The Morgan fingerprint density at radius 3 is 3.08 bits per heavy atom. The van der Waals surface area contributed by atoms with Gasteiger partial charge in [0.25, 0.3) is 0 Å². The summed E-state index contributed by atoms with van der Waals surface area (Å²) in [6.45, 7) is 9.52. The van der Waals surface area contributed by atoms with E-state index in [9.17, 15) is 0 Å². The van der Waals surface area contributed by atoms with Crippen LogP contribution in [0, 0.1) is 6.92 Å². The van der Waals surface area contributed by atoms with Crippen LogP contribution >= 0.6 is 11.3 Å². The quantitative estimate of drug-likeness (QED) is 0.920. The molecule has 1 saturated heterocycles. The summed E-state index contributed by atoms with van der Waals surface area (Å²) in [7, 11) is 0. The van der Waals surface area contributed by atoms with Crippen molar-refractivity contribution in [1.29, 1.82) is 0 Å². The smallest absolute Gasteiger partial charge is 0.103 e. The van der Waals surface area contributed by atoms with Gasteiger partial charge in [0, 0.05) is 47.2 Å². The van der Waals surface area contributed by atoms with Gasteiger partial charge in [0.05, 0.1) is 12.2 Å². The summed E-state index contributed by atoms with van der Waals surface area (Å²) in [5.41, 5.74) is 2.67. The first-order chi connectivity index (χ1) is 11.6. The highest BCUT2D eigenvalue weighted by molar-refractivity contribution is 7.12. The number of nitrogens with one attached hydrogen (secondary N) is 1. The van der Waals surface area contributed by atoms with E-state index in [0.29, 0.717) is 6.04 Å². The molecule has 2 aliphatic rings. The maximum atomic E-state index is 6.42. The predicted molar refractivity (Wildman–Crippen MR) is 97.5 cm³/mol. The Morgan fingerprint density at radius 1 is 1.50 bits per heavy atom. The molecule has 2 atom stereocenters. The number of fused-ring (bicyclic) bond motifs is 2. The monoisotopic (exact) mass is 345 g/mol. The average Bonchev–Trinajstić information content (AvgIpc) is 3.17. The maximum Gasteiger partial charge on any atom is 0.103 e. The second-order valence-electron chi connectivity index (χ2n) is 7.26. The summed E-state index contributed by atoms with van der Waals surface area (Å²) in [5, 5.41) is 0. The van der Waals surface area contributed by atoms with Crippen molar-refractivity contribution in [3.8, 4) is 0 Å². The Bertz CT molecular complexity index is 722. The third kappa shape index (κ3) is 2.83. The van der Waals surface area contributed by atoms with Gasteiger partial charge in [0.15, 0.2) is 0 Å². The van der Waals surface area contributed by atoms with Crippen LogP contribution in [0.4, 0.5) is 0 Å². The van der Waals surface area contributed by atoms with Gasteiger partial charge in [0.2, 0.25) is 0 Å². The van der Waals surface area contributed by atoms with E-state index in [1.165, 1.54) is 16.1 Å². The summed E-state index contributed by atoms with van der Waals surface area (Å²) >= 11 is 2.00. The largest absolute Gasteiger partial charge is 0.370 e. The molecule has 24 heavy (non-hydrogen) atoms. The fourth-order valence-electron chi connectivity index (χ4n) is 4.28. The van der Waals surface area contributed by atoms with E-state index in [1.54, 1.807) is 4.88 Å². The van der Waals surface area contributed by atoms with Crippen LogP contribution in [0.1, 0.15) is 53.5 Å². The molecule has 0 radical (unpaired) electrons. The molecular formula is C19H27N3OS. The molecule has 0 amide bonds. The number of imidazole rings is 1. The van der Waals surface area contributed by atoms with Gasteiger partial charge >= 0.3 is 0 Å². The highest BCUT2D eigenvalue weighted by Crippen LogP contribution is 2.46. The molecular weight excluding hydrogens is 318 g/mol. The van der Waals surface area contributed by atoms with E-state index in [4.69, 9.17) is 4.74 Å². The first-order valence-corrected chi connectivity index (χ1v) is 9.92. The molecule has 0 saturated carbocycles. The summed E-state index contributed by atoms with van der Waals surface area (Å²) in [6, 6.07) is 2.94. The van der Waals surface area contributed by atoms with Crippen LogP contribution in [-0.4, -0.2) is 34.1 Å². The number of rotatable bonds is 3. The standard InChI is InChI=1S/C19H27N3OS/c1-4-16-9-17-18(24-16)5-8-23-19(17)6-7-22(13(2)10-19)12-15-11-20-14(3)21-15/h9,11,13H,4-8,10,12H2,1-3H3,(H,20,21)/t13-,19+/m0/s1. The summed E-state index contributed by atoms with van der Waals surface area (Å²) in [6.07, 6.45) is 6.38. The SMILES string of the molecule is CCc1cc2c(s1)CCO[C@@]21CCN(Cc2cnc(C)[nH]2)[C@@H](C)C1. The molecule has 0 unspecified atom stereocenters. The van der Waals surface area contributed by atoms with Gasteiger partial charge in [-0.3, -0.25) is 4.90 Å². The topological polar surface area (TPSA) is 41.1 Å². The highest BCUT2D eigenvalue weighted by atomic mass is 32.1. The lowest BCUT2D eigenvalue weighted by atomic mass is 9.79. The molecule has 1 fully saturated rings. The second kappa shape index (κ2) is 6.28. The molecule has 1 N–H and O–H groups in total. The Hall–Kier alpha value is -1.17. The summed E-state index contributed by atoms with van der Waals surface area (Å²) in [4.78, 5) is 13.3. The number of thiophene rings is 1. The van der Waals surface area contributed by atoms with Crippen LogP contribution in [0.3, 0.4) is 0 Å². The summed E-state index contributed by atoms with van der Waals surface area (Å²) in [5.74, 6) is 0.997. The number of aryl methyl sites for hydroxylation is 2. The first kappa shape index (κ1) is 16.3. The van der Waals surface area contributed by atoms with Gasteiger partial charge in [-0.15, -0.1) is 11.3 Å². The van der Waals surface area contributed by atoms with Gasteiger partial charge in [0.1, 0.15) is 5.82 Å². The Morgan fingerprint density at radius 2 is 2.38 bits per heavy atom. The molecule has 2 aromatic rings. The Kier molecular flexibility index (Phi) is 4.27. The minimum Gasteiger partial charge on any atom is -0.370 e. The third-order valence-electron chi connectivity index (χ3n) is 5.59. The van der Waals surface area contributed by atoms with Crippen molar-refractivity contribution in [3.63, 3.8) is 0 Å². The van der Waals surface area contributed by atoms with Crippen LogP contribution in [-0.2, 0) is 29.7 Å². The van der Waals surface area contributed by atoms with Gasteiger partial charge < -0.3 is 9.72 Å². The molecule has 4 rings (SSSR count). The first-order valence-electron chi connectivity index (χ1n) is 9.10. The van der Waals surface area contributed by atoms with Crippen LogP contribution in [0.15, 0.2) is 12.3 Å². The van der Waals surface area contributed by atoms with E-state index in [2.05, 4.69) is 34.8 Å². The normalized spacial score (nSPS) is 27.5. The number of aromatic nitrogens is 2. The van der Waals surface area contributed by atoms with Crippen LogP contribution in [0.5, 0.6) is 0 Å². The van der Waals surface area contributed by atoms with Crippen LogP contribution in [0.2, 0.25) is 0 Å². The minimum absolute atomic E-state index is 0.0443. The fourth-order valence-corrected chi connectivity index (χ4v) is 5.46. The van der Waals surface area contributed by atoms with Crippen molar-refractivity contribution < 1.29 is 4.74 Å². The number of aromatic amines is 1.